The predicted molar refractivity (Wildman–Crippen MR) is 78.8 cm³/mol. The molecule has 0 radical (unpaired) electrons. The quantitative estimate of drug-likeness (QED) is 0.824. The van der Waals surface area contributed by atoms with E-state index in [1.165, 1.54) is 6.42 Å². The summed E-state index contributed by atoms with van der Waals surface area (Å²) in [7, 11) is 0. The van der Waals surface area contributed by atoms with Crippen molar-refractivity contribution < 1.29 is 14.2 Å². The van der Waals surface area contributed by atoms with Crippen molar-refractivity contribution in [3.63, 3.8) is 0 Å². The highest BCUT2D eigenvalue weighted by Crippen LogP contribution is 2.17. The van der Waals surface area contributed by atoms with E-state index in [-0.39, 0.29) is 24.2 Å². The van der Waals surface area contributed by atoms with Gasteiger partial charge in [0, 0.05) is 13.2 Å². The van der Waals surface area contributed by atoms with Crippen LogP contribution in [0.5, 0.6) is 12.0 Å². The molecule has 1 aromatic rings. The molecule has 0 aromatic carbocycles. The Morgan fingerprint density at radius 3 is 2.71 bits per heavy atom. The molecule has 0 saturated carbocycles. The average molecular weight is 296 g/mol. The van der Waals surface area contributed by atoms with Gasteiger partial charge >= 0.3 is 12.0 Å². The number of rotatable bonds is 7. The van der Waals surface area contributed by atoms with Crippen LogP contribution in [0.3, 0.4) is 0 Å². The molecule has 0 amide bonds. The molecule has 1 saturated heterocycles. The van der Waals surface area contributed by atoms with Crippen LogP contribution in [0.2, 0.25) is 0 Å². The van der Waals surface area contributed by atoms with Crippen LogP contribution in [0.1, 0.15) is 40.0 Å². The molecule has 0 spiro atoms. The highest BCUT2D eigenvalue weighted by atomic mass is 16.5. The number of nitrogens with one attached hydrogen (secondary N) is 1. The molecular weight excluding hydrogens is 272 g/mol. The SMILES string of the molecule is CCNc1nc(OCC2CCCCO2)nc(OC(C)C)n1. The molecule has 1 aromatic heterocycles. The van der Waals surface area contributed by atoms with Gasteiger partial charge in [-0.05, 0) is 40.0 Å². The number of hydrogen-bond donors (Lipinski definition) is 1. The lowest BCUT2D eigenvalue weighted by Crippen LogP contribution is -2.26. The monoisotopic (exact) mass is 296 g/mol. The van der Waals surface area contributed by atoms with Gasteiger partial charge in [-0.1, -0.05) is 0 Å². The summed E-state index contributed by atoms with van der Waals surface area (Å²) in [6.07, 6.45) is 3.43. The van der Waals surface area contributed by atoms with Crippen LogP contribution in [0, 0.1) is 0 Å². The Morgan fingerprint density at radius 2 is 2.05 bits per heavy atom. The van der Waals surface area contributed by atoms with Crippen LogP contribution in [0.4, 0.5) is 5.95 Å². The van der Waals surface area contributed by atoms with Gasteiger partial charge in [0.1, 0.15) is 6.61 Å². The Bertz CT molecular complexity index is 436. The van der Waals surface area contributed by atoms with E-state index in [0.717, 1.165) is 26.0 Å². The minimum absolute atomic E-state index is 0.00333. The van der Waals surface area contributed by atoms with Gasteiger partial charge < -0.3 is 19.5 Å². The van der Waals surface area contributed by atoms with E-state index in [0.29, 0.717) is 12.6 Å². The zero-order valence-electron chi connectivity index (χ0n) is 13.0. The summed E-state index contributed by atoms with van der Waals surface area (Å²) in [4.78, 5) is 12.6. The number of nitrogens with zero attached hydrogens (tertiary/aromatic N) is 3. The van der Waals surface area contributed by atoms with Crippen LogP contribution in [-0.2, 0) is 4.74 Å². The normalized spacial score (nSPS) is 18.6. The molecule has 2 heterocycles. The second-order valence-corrected chi connectivity index (χ2v) is 5.22. The van der Waals surface area contributed by atoms with Crippen LogP contribution >= 0.6 is 0 Å². The van der Waals surface area contributed by atoms with Crippen molar-refractivity contribution in [1.29, 1.82) is 0 Å². The smallest absolute Gasteiger partial charge is 0.324 e. The van der Waals surface area contributed by atoms with Gasteiger partial charge in [-0.25, -0.2) is 0 Å². The lowest BCUT2D eigenvalue weighted by Gasteiger charge is -2.22. The van der Waals surface area contributed by atoms with E-state index >= 15 is 0 Å². The zero-order chi connectivity index (χ0) is 15.1. The van der Waals surface area contributed by atoms with E-state index in [4.69, 9.17) is 14.2 Å². The van der Waals surface area contributed by atoms with Crippen molar-refractivity contribution in [3.8, 4) is 12.0 Å². The Hall–Kier alpha value is -1.63. The third-order valence-electron chi connectivity index (χ3n) is 2.94. The molecule has 1 N–H and O–H groups in total. The van der Waals surface area contributed by atoms with E-state index in [1.807, 2.05) is 20.8 Å². The molecule has 0 bridgehead atoms. The molecule has 21 heavy (non-hydrogen) atoms. The highest BCUT2D eigenvalue weighted by Gasteiger charge is 2.16. The summed E-state index contributed by atoms with van der Waals surface area (Å²) in [6, 6.07) is 0.543. The van der Waals surface area contributed by atoms with Crippen molar-refractivity contribution in [2.45, 2.75) is 52.2 Å². The Labute approximate surface area is 125 Å². The molecule has 1 fully saturated rings. The van der Waals surface area contributed by atoms with Crippen molar-refractivity contribution in [1.82, 2.24) is 15.0 Å². The van der Waals surface area contributed by atoms with Crippen LogP contribution < -0.4 is 14.8 Å². The minimum atomic E-state index is -0.00333. The second-order valence-electron chi connectivity index (χ2n) is 5.22. The first-order chi connectivity index (χ1) is 10.2. The lowest BCUT2D eigenvalue weighted by molar-refractivity contribution is -0.0131. The summed E-state index contributed by atoms with van der Waals surface area (Å²) in [6.45, 7) is 7.80. The molecule has 2 rings (SSSR count). The standard InChI is InChI=1S/C14H24N4O3/c1-4-15-12-16-13(18-14(17-12)21-10(2)3)20-9-11-7-5-6-8-19-11/h10-11H,4-9H2,1-3H3,(H,15,16,17,18). The van der Waals surface area contributed by atoms with Crippen molar-refractivity contribution >= 4 is 5.95 Å². The molecule has 7 heteroatoms. The minimum Gasteiger partial charge on any atom is -0.461 e. The Balaban J connectivity index is 2.00. The summed E-state index contributed by atoms with van der Waals surface area (Å²) in [5, 5.41) is 3.05. The number of anilines is 1. The highest BCUT2D eigenvalue weighted by molar-refractivity contribution is 5.27. The van der Waals surface area contributed by atoms with E-state index in [1.54, 1.807) is 0 Å². The molecule has 1 aliphatic rings. The summed E-state index contributed by atoms with van der Waals surface area (Å²) in [5.74, 6) is 0.461. The Kier molecular flexibility index (Phi) is 5.98. The van der Waals surface area contributed by atoms with Crippen LogP contribution in [0.15, 0.2) is 0 Å². The molecule has 1 aliphatic heterocycles. The van der Waals surface area contributed by atoms with E-state index in [9.17, 15) is 0 Å². The van der Waals surface area contributed by atoms with E-state index in [2.05, 4.69) is 20.3 Å². The molecule has 7 nitrogen and oxygen atoms in total. The fraction of sp³-hybridized carbons (Fsp3) is 0.786. The average Bonchev–Trinajstić information content (AvgIpc) is 2.46. The zero-order valence-corrected chi connectivity index (χ0v) is 13.0. The van der Waals surface area contributed by atoms with Crippen LogP contribution in [-0.4, -0.2) is 46.9 Å². The predicted octanol–water partition coefficient (Wildman–Crippen LogP) is 2.04. The van der Waals surface area contributed by atoms with E-state index < -0.39 is 0 Å². The van der Waals surface area contributed by atoms with Crippen molar-refractivity contribution in [2.24, 2.45) is 0 Å². The van der Waals surface area contributed by atoms with Crippen molar-refractivity contribution in [2.75, 3.05) is 25.1 Å². The molecular formula is C14H24N4O3. The first-order valence-electron chi connectivity index (χ1n) is 7.58. The third-order valence-corrected chi connectivity index (χ3v) is 2.94. The maximum atomic E-state index is 5.65. The summed E-state index contributed by atoms with van der Waals surface area (Å²) < 4.78 is 16.8. The number of hydrogen-bond acceptors (Lipinski definition) is 7. The third kappa shape index (κ3) is 5.34. The van der Waals surface area contributed by atoms with Gasteiger partial charge in [-0.15, -0.1) is 4.98 Å². The maximum Gasteiger partial charge on any atom is 0.324 e. The van der Waals surface area contributed by atoms with Gasteiger partial charge in [-0.2, -0.15) is 9.97 Å². The first-order valence-corrected chi connectivity index (χ1v) is 7.58. The lowest BCUT2D eigenvalue weighted by atomic mass is 10.1. The van der Waals surface area contributed by atoms with Gasteiger partial charge in [0.15, 0.2) is 0 Å². The van der Waals surface area contributed by atoms with Gasteiger partial charge in [0.05, 0.1) is 12.2 Å². The molecule has 118 valence electrons. The van der Waals surface area contributed by atoms with Gasteiger partial charge in [0.25, 0.3) is 0 Å². The summed E-state index contributed by atoms with van der Waals surface area (Å²) >= 11 is 0. The van der Waals surface area contributed by atoms with Gasteiger partial charge in [-0.3, -0.25) is 0 Å². The van der Waals surface area contributed by atoms with Crippen LogP contribution in [0.25, 0.3) is 0 Å². The number of ether oxygens (including phenoxy) is 3. The fourth-order valence-corrected chi connectivity index (χ4v) is 2.01. The fourth-order valence-electron chi connectivity index (χ4n) is 2.01. The molecule has 0 aliphatic carbocycles. The number of aromatic nitrogens is 3. The molecule has 1 unspecified atom stereocenters. The maximum absolute atomic E-state index is 5.65. The van der Waals surface area contributed by atoms with Crippen molar-refractivity contribution in [3.05, 3.63) is 0 Å². The first kappa shape index (κ1) is 15.8. The largest absolute Gasteiger partial charge is 0.461 e. The summed E-state index contributed by atoms with van der Waals surface area (Å²) in [5.41, 5.74) is 0. The topological polar surface area (TPSA) is 78.4 Å². The Morgan fingerprint density at radius 1 is 1.24 bits per heavy atom. The second kappa shape index (κ2) is 7.97. The van der Waals surface area contributed by atoms with Gasteiger partial charge in [0.2, 0.25) is 5.95 Å². The molecule has 1 atom stereocenters.